The molecule has 1 unspecified atom stereocenters. The lowest BCUT2D eigenvalue weighted by Crippen LogP contribution is -2.39. The van der Waals surface area contributed by atoms with Crippen molar-refractivity contribution in [3.63, 3.8) is 0 Å². The Morgan fingerprint density at radius 3 is 2.80 bits per heavy atom. The molecule has 3 nitrogen and oxygen atoms in total. The van der Waals surface area contributed by atoms with Crippen LogP contribution in [0.15, 0.2) is 0 Å². The summed E-state index contributed by atoms with van der Waals surface area (Å²) in [5.74, 6) is 0. The van der Waals surface area contributed by atoms with Gasteiger partial charge in [0.1, 0.15) is 0 Å². The van der Waals surface area contributed by atoms with Crippen molar-refractivity contribution >= 4 is 0 Å². The summed E-state index contributed by atoms with van der Waals surface area (Å²) in [5.41, 5.74) is 5.46. The molecule has 1 saturated heterocycles. The van der Waals surface area contributed by atoms with Crippen molar-refractivity contribution in [2.75, 3.05) is 33.3 Å². The van der Waals surface area contributed by atoms with Crippen molar-refractivity contribution < 1.29 is 4.74 Å². The molecule has 0 radical (unpaired) electrons. The number of nitrogens with zero attached hydrogens (tertiary/aromatic N) is 1. The molecule has 0 spiro atoms. The zero-order valence-electron chi connectivity index (χ0n) is 10.1. The Labute approximate surface area is 94.0 Å². The van der Waals surface area contributed by atoms with Crippen LogP contribution >= 0.6 is 0 Å². The second kappa shape index (κ2) is 8.08. The van der Waals surface area contributed by atoms with Crippen LogP contribution in [0.25, 0.3) is 0 Å². The molecule has 0 aromatic heterocycles. The van der Waals surface area contributed by atoms with Gasteiger partial charge in [0.25, 0.3) is 0 Å². The molecule has 1 aliphatic heterocycles. The summed E-state index contributed by atoms with van der Waals surface area (Å²) in [5, 5.41) is 0. The smallest absolute Gasteiger partial charge is 0.0698 e. The topological polar surface area (TPSA) is 38.5 Å². The maximum absolute atomic E-state index is 5.46. The van der Waals surface area contributed by atoms with Gasteiger partial charge >= 0.3 is 0 Å². The van der Waals surface area contributed by atoms with E-state index in [9.17, 15) is 0 Å². The van der Waals surface area contributed by atoms with Crippen molar-refractivity contribution in [2.45, 2.75) is 44.6 Å². The van der Waals surface area contributed by atoms with Crippen molar-refractivity contribution in [3.05, 3.63) is 0 Å². The van der Waals surface area contributed by atoms with E-state index < -0.39 is 0 Å². The van der Waals surface area contributed by atoms with Crippen molar-refractivity contribution in [2.24, 2.45) is 5.73 Å². The van der Waals surface area contributed by atoms with E-state index in [1.165, 1.54) is 51.6 Å². The lowest BCUT2D eigenvalue weighted by atomic mass is 10.1. The molecule has 0 saturated carbocycles. The van der Waals surface area contributed by atoms with E-state index in [0.717, 1.165) is 13.1 Å². The highest BCUT2D eigenvalue weighted by Crippen LogP contribution is 2.13. The molecule has 1 rings (SSSR count). The molecule has 1 aliphatic rings. The van der Waals surface area contributed by atoms with Gasteiger partial charge in [-0.25, -0.2) is 0 Å². The van der Waals surface area contributed by atoms with Crippen LogP contribution in [0.3, 0.4) is 0 Å². The van der Waals surface area contributed by atoms with Gasteiger partial charge in [-0.1, -0.05) is 12.8 Å². The predicted molar refractivity (Wildman–Crippen MR) is 64.0 cm³/mol. The summed E-state index contributed by atoms with van der Waals surface area (Å²) in [6.45, 7) is 4.48. The molecule has 15 heavy (non-hydrogen) atoms. The zero-order chi connectivity index (χ0) is 10.9. The number of hydrogen-bond donors (Lipinski definition) is 1. The number of piperidine rings is 1. The highest BCUT2D eigenvalue weighted by atomic mass is 16.5. The molecule has 0 aromatic rings. The Morgan fingerprint density at radius 2 is 2.07 bits per heavy atom. The average molecular weight is 214 g/mol. The second-order valence-corrected chi connectivity index (χ2v) is 4.50. The SMILES string of the molecule is COC1CCCN(CCCCCCN)C1. The normalized spacial score (nSPS) is 23.2. The predicted octanol–water partition coefficient (Wildman–Crippen LogP) is 1.62. The van der Waals surface area contributed by atoms with E-state index in [1.807, 2.05) is 7.11 Å². The maximum atomic E-state index is 5.46. The minimum atomic E-state index is 0.475. The van der Waals surface area contributed by atoms with Gasteiger partial charge in [-0.3, -0.25) is 0 Å². The Balaban J connectivity index is 2.00. The third-order valence-electron chi connectivity index (χ3n) is 3.22. The molecule has 0 aromatic carbocycles. The van der Waals surface area contributed by atoms with Crippen LogP contribution in [0.2, 0.25) is 0 Å². The summed E-state index contributed by atoms with van der Waals surface area (Å²) in [6.07, 6.45) is 8.12. The third kappa shape index (κ3) is 5.50. The van der Waals surface area contributed by atoms with Crippen LogP contribution in [0.1, 0.15) is 38.5 Å². The lowest BCUT2D eigenvalue weighted by molar-refractivity contribution is 0.0309. The van der Waals surface area contributed by atoms with E-state index in [2.05, 4.69) is 4.90 Å². The first-order chi connectivity index (χ1) is 7.36. The van der Waals surface area contributed by atoms with Crippen LogP contribution in [0.4, 0.5) is 0 Å². The monoisotopic (exact) mass is 214 g/mol. The summed E-state index contributed by atoms with van der Waals surface area (Å²) in [7, 11) is 1.83. The molecule has 2 N–H and O–H groups in total. The van der Waals surface area contributed by atoms with Crippen molar-refractivity contribution in [1.82, 2.24) is 4.90 Å². The molecule has 0 amide bonds. The Bertz CT molecular complexity index is 153. The largest absolute Gasteiger partial charge is 0.380 e. The Kier molecular flexibility index (Phi) is 6.98. The van der Waals surface area contributed by atoms with Crippen molar-refractivity contribution in [1.29, 1.82) is 0 Å². The van der Waals surface area contributed by atoms with Gasteiger partial charge in [-0.2, -0.15) is 0 Å². The summed E-state index contributed by atoms with van der Waals surface area (Å²) in [4.78, 5) is 2.54. The minimum absolute atomic E-state index is 0.475. The number of likely N-dealkylation sites (tertiary alicyclic amines) is 1. The highest BCUT2D eigenvalue weighted by molar-refractivity contribution is 4.72. The van der Waals surface area contributed by atoms with E-state index in [4.69, 9.17) is 10.5 Å². The lowest BCUT2D eigenvalue weighted by Gasteiger charge is -2.31. The Hall–Kier alpha value is -0.120. The van der Waals surface area contributed by atoms with Crippen LogP contribution in [-0.2, 0) is 4.74 Å². The number of ether oxygens (including phenoxy) is 1. The third-order valence-corrected chi connectivity index (χ3v) is 3.22. The van der Waals surface area contributed by atoms with Gasteiger partial charge in [0.15, 0.2) is 0 Å². The Morgan fingerprint density at radius 1 is 1.27 bits per heavy atom. The van der Waals surface area contributed by atoms with Crippen LogP contribution in [-0.4, -0.2) is 44.3 Å². The van der Waals surface area contributed by atoms with E-state index in [-0.39, 0.29) is 0 Å². The number of hydrogen-bond acceptors (Lipinski definition) is 3. The van der Waals surface area contributed by atoms with Gasteiger partial charge in [-0.15, -0.1) is 0 Å². The fraction of sp³-hybridized carbons (Fsp3) is 1.00. The molecule has 90 valence electrons. The van der Waals surface area contributed by atoms with Gasteiger partial charge < -0.3 is 15.4 Å². The highest BCUT2D eigenvalue weighted by Gasteiger charge is 2.18. The number of unbranched alkanes of at least 4 members (excludes halogenated alkanes) is 3. The van der Waals surface area contributed by atoms with Gasteiger partial charge in [-0.05, 0) is 45.3 Å². The average Bonchev–Trinajstić information content (AvgIpc) is 2.29. The molecular formula is C12H26N2O. The van der Waals surface area contributed by atoms with Gasteiger partial charge in [0.2, 0.25) is 0 Å². The molecule has 3 heteroatoms. The minimum Gasteiger partial charge on any atom is -0.380 e. The number of methoxy groups -OCH3 is 1. The second-order valence-electron chi connectivity index (χ2n) is 4.50. The molecular weight excluding hydrogens is 188 g/mol. The number of rotatable bonds is 7. The molecule has 0 aliphatic carbocycles. The van der Waals surface area contributed by atoms with Crippen LogP contribution < -0.4 is 5.73 Å². The fourth-order valence-corrected chi connectivity index (χ4v) is 2.24. The quantitative estimate of drug-likeness (QED) is 0.654. The van der Waals surface area contributed by atoms with Crippen molar-refractivity contribution in [3.8, 4) is 0 Å². The fourth-order valence-electron chi connectivity index (χ4n) is 2.24. The maximum Gasteiger partial charge on any atom is 0.0698 e. The molecule has 1 fully saturated rings. The van der Waals surface area contributed by atoms with Gasteiger partial charge in [0, 0.05) is 13.7 Å². The van der Waals surface area contributed by atoms with Gasteiger partial charge in [0.05, 0.1) is 6.10 Å². The van der Waals surface area contributed by atoms with Crippen LogP contribution in [0.5, 0.6) is 0 Å². The standard InChI is InChI=1S/C12H26N2O/c1-15-12-7-6-10-14(11-12)9-5-3-2-4-8-13/h12H,2-11,13H2,1H3. The number of nitrogens with two attached hydrogens (primary N) is 1. The van der Waals surface area contributed by atoms with E-state index >= 15 is 0 Å². The van der Waals surface area contributed by atoms with E-state index in [1.54, 1.807) is 0 Å². The first-order valence-corrected chi connectivity index (χ1v) is 6.32. The zero-order valence-corrected chi connectivity index (χ0v) is 10.1. The first kappa shape index (κ1) is 12.9. The molecule has 1 heterocycles. The summed E-state index contributed by atoms with van der Waals surface area (Å²) < 4.78 is 5.41. The molecule has 0 bridgehead atoms. The first-order valence-electron chi connectivity index (χ1n) is 6.32. The summed E-state index contributed by atoms with van der Waals surface area (Å²) in [6, 6.07) is 0. The van der Waals surface area contributed by atoms with Crippen LogP contribution in [0, 0.1) is 0 Å². The van der Waals surface area contributed by atoms with E-state index in [0.29, 0.717) is 6.10 Å². The summed E-state index contributed by atoms with van der Waals surface area (Å²) >= 11 is 0. The molecule has 1 atom stereocenters.